The van der Waals surface area contributed by atoms with Crippen LogP contribution in [0.2, 0.25) is 0 Å². The summed E-state index contributed by atoms with van der Waals surface area (Å²) in [7, 11) is 1.78. The predicted molar refractivity (Wildman–Crippen MR) is 66.4 cm³/mol. The SMILES string of the molecule is CNC(C)(C)C(=O)NCCCOCC(C)C. The Labute approximate surface area is 99.1 Å². The minimum absolute atomic E-state index is 0.0267. The molecule has 0 aliphatic rings. The molecule has 0 radical (unpaired) electrons. The van der Waals surface area contributed by atoms with Crippen LogP contribution in [0, 0.1) is 5.92 Å². The van der Waals surface area contributed by atoms with E-state index in [2.05, 4.69) is 24.5 Å². The van der Waals surface area contributed by atoms with Crippen molar-refractivity contribution in [2.45, 2.75) is 39.7 Å². The van der Waals surface area contributed by atoms with Gasteiger partial charge in [-0.05, 0) is 33.2 Å². The Morgan fingerprint density at radius 3 is 2.50 bits per heavy atom. The van der Waals surface area contributed by atoms with Gasteiger partial charge in [-0.2, -0.15) is 0 Å². The van der Waals surface area contributed by atoms with Crippen LogP contribution in [0.4, 0.5) is 0 Å². The number of nitrogens with one attached hydrogen (secondary N) is 2. The van der Waals surface area contributed by atoms with Crippen LogP contribution in [0.15, 0.2) is 0 Å². The standard InChI is InChI=1S/C12H26N2O2/c1-10(2)9-16-8-6-7-14-11(15)12(3,4)13-5/h10,13H,6-9H2,1-5H3,(H,14,15). The molecular weight excluding hydrogens is 204 g/mol. The number of ether oxygens (including phenoxy) is 1. The molecule has 0 spiro atoms. The number of likely N-dealkylation sites (N-methyl/N-ethyl adjacent to an activating group) is 1. The van der Waals surface area contributed by atoms with Crippen molar-refractivity contribution in [2.75, 3.05) is 26.8 Å². The Kier molecular flexibility index (Phi) is 7.34. The average molecular weight is 230 g/mol. The lowest BCUT2D eigenvalue weighted by atomic mass is 10.1. The molecule has 0 aliphatic heterocycles. The largest absolute Gasteiger partial charge is 0.381 e. The molecule has 0 aromatic heterocycles. The molecule has 2 N–H and O–H groups in total. The molecule has 0 heterocycles. The molecule has 0 atom stereocenters. The highest BCUT2D eigenvalue weighted by Crippen LogP contribution is 2.00. The number of rotatable bonds is 8. The van der Waals surface area contributed by atoms with E-state index in [1.165, 1.54) is 0 Å². The van der Waals surface area contributed by atoms with Gasteiger partial charge in [0.05, 0.1) is 5.54 Å². The Morgan fingerprint density at radius 1 is 1.38 bits per heavy atom. The number of carbonyl (C=O) groups is 1. The van der Waals surface area contributed by atoms with Gasteiger partial charge in [-0.3, -0.25) is 4.79 Å². The molecule has 0 aromatic rings. The third-order valence-electron chi connectivity index (χ3n) is 2.39. The summed E-state index contributed by atoms with van der Waals surface area (Å²) in [6, 6.07) is 0. The maximum atomic E-state index is 11.6. The van der Waals surface area contributed by atoms with Crippen molar-refractivity contribution in [2.24, 2.45) is 5.92 Å². The highest BCUT2D eigenvalue weighted by Gasteiger charge is 2.24. The van der Waals surface area contributed by atoms with Gasteiger partial charge >= 0.3 is 0 Å². The molecule has 0 saturated heterocycles. The van der Waals surface area contributed by atoms with E-state index in [4.69, 9.17) is 4.74 Å². The van der Waals surface area contributed by atoms with Crippen LogP contribution in [-0.4, -0.2) is 38.3 Å². The zero-order valence-electron chi connectivity index (χ0n) is 11.2. The van der Waals surface area contributed by atoms with Crippen molar-refractivity contribution >= 4 is 5.91 Å². The quantitative estimate of drug-likeness (QED) is 0.615. The number of hydrogen-bond acceptors (Lipinski definition) is 3. The number of carbonyl (C=O) groups excluding carboxylic acids is 1. The van der Waals surface area contributed by atoms with Crippen molar-refractivity contribution < 1.29 is 9.53 Å². The van der Waals surface area contributed by atoms with E-state index in [0.29, 0.717) is 19.1 Å². The van der Waals surface area contributed by atoms with E-state index in [9.17, 15) is 4.79 Å². The number of hydrogen-bond donors (Lipinski definition) is 2. The van der Waals surface area contributed by atoms with E-state index >= 15 is 0 Å². The number of amides is 1. The van der Waals surface area contributed by atoms with Gasteiger partial charge in [-0.15, -0.1) is 0 Å². The van der Waals surface area contributed by atoms with Gasteiger partial charge < -0.3 is 15.4 Å². The lowest BCUT2D eigenvalue weighted by Crippen LogP contribution is -2.51. The van der Waals surface area contributed by atoms with Gasteiger partial charge in [0.15, 0.2) is 0 Å². The van der Waals surface area contributed by atoms with Gasteiger partial charge in [0, 0.05) is 19.8 Å². The normalized spacial score (nSPS) is 11.9. The molecule has 1 amide bonds. The fourth-order valence-corrected chi connectivity index (χ4v) is 1.03. The molecule has 0 aromatic carbocycles. The maximum absolute atomic E-state index is 11.6. The summed E-state index contributed by atoms with van der Waals surface area (Å²) in [4.78, 5) is 11.6. The van der Waals surface area contributed by atoms with Crippen molar-refractivity contribution in [3.05, 3.63) is 0 Å². The Hall–Kier alpha value is -0.610. The van der Waals surface area contributed by atoms with E-state index in [0.717, 1.165) is 13.0 Å². The predicted octanol–water partition coefficient (Wildman–Crippen LogP) is 1.16. The van der Waals surface area contributed by atoms with Crippen molar-refractivity contribution in [3.63, 3.8) is 0 Å². The summed E-state index contributed by atoms with van der Waals surface area (Å²) in [6.07, 6.45) is 0.859. The van der Waals surface area contributed by atoms with Gasteiger partial charge in [-0.25, -0.2) is 0 Å². The molecule has 0 saturated carbocycles. The van der Waals surface area contributed by atoms with Crippen LogP contribution in [0.25, 0.3) is 0 Å². The lowest BCUT2D eigenvalue weighted by Gasteiger charge is -2.22. The molecule has 96 valence electrons. The third kappa shape index (κ3) is 6.80. The second kappa shape index (κ2) is 7.63. The van der Waals surface area contributed by atoms with Crippen molar-refractivity contribution in [1.82, 2.24) is 10.6 Å². The second-order valence-electron chi connectivity index (χ2n) is 4.95. The third-order valence-corrected chi connectivity index (χ3v) is 2.39. The summed E-state index contributed by atoms with van der Waals surface area (Å²) in [5.41, 5.74) is -0.501. The molecule has 0 rings (SSSR count). The Bertz CT molecular complexity index is 203. The van der Waals surface area contributed by atoms with Gasteiger partial charge in [0.2, 0.25) is 5.91 Å². The molecule has 16 heavy (non-hydrogen) atoms. The minimum Gasteiger partial charge on any atom is -0.381 e. The van der Waals surface area contributed by atoms with Crippen LogP contribution in [0.3, 0.4) is 0 Å². The van der Waals surface area contributed by atoms with E-state index in [1.807, 2.05) is 13.8 Å². The van der Waals surface area contributed by atoms with Crippen LogP contribution < -0.4 is 10.6 Å². The van der Waals surface area contributed by atoms with Crippen LogP contribution in [0.1, 0.15) is 34.1 Å². The maximum Gasteiger partial charge on any atom is 0.239 e. The van der Waals surface area contributed by atoms with Gasteiger partial charge in [0.25, 0.3) is 0 Å². The smallest absolute Gasteiger partial charge is 0.239 e. The van der Waals surface area contributed by atoms with E-state index in [-0.39, 0.29) is 5.91 Å². The summed E-state index contributed by atoms with van der Waals surface area (Å²) in [5.74, 6) is 0.594. The summed E-state index contributed by atoms with van der Waals surface area (Å²) >= 11 is 0. The first-order valence-corrected chi connectivity index (χ1v) is 5.95. The molecule has 0 bridgehead atoms. The Morgan fingerprint density at radius 2 is 2.00 bits per heavy atom. The first-order valence-electron chi connectivity index (χ1n) is 5.95. The van der Waals surface area contributed by atoms with Crippen LogP contribution >= 0.6 is 0 Å². The second-order valence-corrected chi connectivity index (χ2v) is 4.95. The summed E-state index contributed by atoms with van der Waals surface area (Å²) in [6.45, 7) is 10.1. The topological polar surface area (TPSA) is 50.4 Å². The average Bonchev–Trinajstić information content (AvgIpc) is 2.22. The molecule has 0 fully saturated rings. The molecular formula is C12H26N2O2. The highest BCUT2D eigenvalue weighted by molar-refractivity contribution is 5.85. The molecule has 4 heteroatoms. The summed E-state index contributed by atoms with van der Waals surface area (Å²) < 4.78 is 5.42. The first-order chi connectivity index (χ1) is 7.40. The molecule has 0 unspecified atom stereocenters. The van der Waals surface area contributed by atoms with Crippen molar-refractivity contribution in [1.29, 1.82) is 0 Å². The zero-order chi connectivity index (χ0) is 12.6. The monoisotopic (exact) mass is 230 g/mol. The fourth-order valence-electron chi connectivity index (χ4n) is 1.03. The molecule has 4 nitrogen and oxygen atoms in total. The van der Waals surface area contributed by atoms with Crippen molar-refractivity contribution in [3.8, 4) is 0 Å². The first kappa shape index (κ1) is 15.4. The van der Waals surface area contributed by atoms with Crippen LogP contribution in [-0.2, 0) is 9.53 Å². The van der Waals surface area contributed by atoms with Crippen LogP contribution in [0.5, 0.6) is 0 Å². The highest BCUT2D eigenvalue weighted by atomic mass is 16.5. The fraction of sp³-hybridized carbons (Fsp3) is 0.917. The summed E-state index contributed by atoms with van der Waals surface area (Å²) in [5, 5.41) is 5.85. The van der Waals surface area contributed by atoms with E-state index < -0.39 is 5.54 Å². The lowest BCUT2D eigenvalue weighted by molar-refractivity contribution is -0.126. The van der Waals surface area contributed by atoms with Gasteiger partial charge in [-0.1, -0.05) is 13.8 Å². The van der Waals surface area contributed by atoms with E-state index in [1.54, 1.807) is 7.05 Å². The Balaban J connectivity index is 3.49. The minimum atomic E-state index is -0.501. The van der Waals surface area contributed by atoms with Gasteiger partial charge in [0.1, 0.15) is 0 Å². The zero-order valence-corrected chi connectivity index (χ0v) is 11.2. The molecule has 0 aliphatic carbocycles.